The number of hydrogen-bond donors (Lipinski definition) is 0. The monoisotopic (exact) mass is 304 g/mol. The summed E-state index contributed by atoms with van der Waals surface area (Å²) in [6.45, 7) is 1.44. The Kier molecular flexibility index (Phi) is 4.49. The lowest BCUT2D eigenvalue weighted by Gasteiger charge is -2.03. The molecule has 0 radical (unpaired) electrons. The Morgan fingerprint density at radius 3 is 2.05 bits per heavy atom. The van der Waals surface area contributed by atoms with Crippen LogP contribution < -0.4 is 4.74 Å². The molecule has 0 atom stereocenters. The van der Waals surface area contributed by atoms with Crippen LogP contribution in [0.3, 0.4) is 0 Å². The fourth-order valence-corrected chi connectivity index (χ4v) is 2.35. The van der Waals surface area contributed by atoms with E-state index in [0.717, 1.165) is 11.3 Å². The molecule has 5 nitrogen and oxygen atoms in total. The van der Waals surface area contributed by atoms with Gasteiger partial charge in [0.05, 0.1) is 17.6 Å². The Bertz CT molecular complexity index is 684. The van der Waals surface area contributed by atoms with Crippen LogP contribution in [0.15, 0.2) is 36.4 Å². The molecule has 0 spiro atoms. The van der Waals surface area contributed by atoms with Crippen LogP contribution >= 0.6 is 11.3 Å². The van der Waals surface area contributed by atoms with Crippen LogP contribution in [0.25, 0.3) is 0 Å². The molecule has 0 saturated carbocycles. The van der Waals surface area contributed by atoms with Gasteiger partial charge in [-0.1, -0.05) is 0 Å². The van der Waals surface area contributed by atoms with E-state index in [4.69, 9.17) is 4.74 Å². The molecule has 0 amide bonds. The predicted octanol–water partition coefficient (Wildman–Crippen LogP) is 2.96. The summed E-state index contributed by atoms with van der Waals surface area (Å²) in [5.41, 5.74) is 0.368. The Balaban J connectivity index is 2.08. The van der Waals surface area contributed by atoms with E-state index in [1.807, 2.05) is 0 Å². The van der Waals surface area contributed by atoms with Gasteiger partial charge in [0.2, 0.25) is 0 Å². The zero-order chi connectivity index (χ0) is 15.4. The lowest BCUT2D eigenvalue weighted by molar-refractivity contribution is 0.0600. The van der Waals surface area contributed by atoms with Crippen molar-refractivity contribution in [3.05, 3.63) is 51.7 Å². The van der Waals surface area contributed by atoms with Gasteiger partial charge in [-0.05, 0) is 43.3 Å². The van der Waals surface area contributed by atoms with Gasteiger partial charge in [0, 0.05) is 0 Å². The first-order valence-corrected chi connectivity index (χ1v) is 6.84. The summed E-state index contributed by atoms with van der Waals surface area (Å²) < 4.78 is 9.74. The summed E-state index contributed by atoms with van der Waals surface area (Å²) in [4.78, 5) is 35.2. The van der Waals surface area contributed by atoms with Gasteiger partial charge < -0.3 is 9.47 Å². The van der Waals surface area contributed by atoms with Crippen LogP contribution in [0.2, 0.25) is 0 Å². The smallest absolute Gasteiger partial charge is 0.353 e. The van der Waals surface area contributed by atoms with Gasteiger partial charge in [-0.2, -0.15) is 0 Å². The van der Waals surface area contributed by atoms with Crippen molar-refractivity contribution in [3.63, 3.8) is 0 Å². The van der Waals surface area contributed by atoms with Crippen LogP contribution in [0.1, 0.15) is 36.6 Å². The Morgan fingerprint density at radius 2 is 1.52 bits per heavy atom. The Morgan fingerprint density at radius 1 is 0.905 bits per heavy atom. The maximum absolute atomic E-state index is 11.9. The van der Waals surface area contributed by atoms with Crippen molar-refractivity contribution < 1.29 is 23.9 Å². The van der Waals surface area contributed by atoms with Crippen LogP contribution in [0, 0.1) is 0 Å². The number of methoxy groups -OCH3 is 1. The van der Waals surface area contributed by atoms with E-state index < -0.39 is 11.9 Å². The summed E-state index contributed by atoms with van der Waals surface area (Å²) in [6.07, 6.45) is 0. The van der Waals surface area contributed by atoms with Gasteiger partial charge in [-0.3, -0.25) is 4.79 Å². The van der Waals surface area contributed by atoms with Crippen LogP contribution in [0.4, 0.5) is 0 Å². The molecule has 1 heterocycles. The number of carbonyl (C=O) groups is 3. The number of benzene rings is 1. The minimum atomic E-state index is -0.543. The summed E-state index contributed by atoms with van der Waals surface area (Å²) in [7, 11) is 1.29. The average molecular weight is 304 g/mol. The molecule has 0 aliphatic carbocycles. The van der Waals surface area contributed by atoms with E-state index in [9.17, 15) is 14.4 Å². The molecule has 0 N–H and O–H groups in total. The van der Waals surface area contributed by atoms with Crippen LogP contribution in [0.5, 0.6) is 5.75 Å². The third-order valence-electron chi connectivity index (χ3n) is 2.64. The van der Waals surface area contributed by atoms with Gasteiger partial charge >= 0.3 is 11.9 Å². The van der Waals surface area contributed by atoms with Gasteiger partial charge in [0.25, 0.3) is 0 Å². The van der Waals surface area contributed by atoms with Gasteiger partial charge in [-0.25, -0.2) is 9.59 Å². The van der Waals surface area contributed by atoms with E-state index >= 15 is 0 Å². The van der Waals surface area contributed by atoms with E-state index in [1.165, 1.54) is 38.3 Å². The van der Waals surface area contributed by atoms with Crippen molar-refractivity contribution in [2.75, 3.05) is 7.11 Å². The number of carbonyl (C=O) groups excluding carboxylic acids is 3. The van der Waals surface area contributed by atoms with Crippen molar-refractivity contribution in [1.82, 2.24) is 0 Å². The lowest BCUT2D eigenvalue weighted by Crippen LogP contribution is -2.07. The summed E-state index contributed by atoms with van der Waals surface area (Å²) >= 11 is 1.08. The number of hydrogen-bond acceptors (Lipinski definition) is 6. The zero-order valence-corrected chi connectivity index (χ0v) is 12.2. The molecule has 1 aromatic heterocycles. The minimum absolute atomic E-state index is 0.0959. The second-order valence-electron chi connectivity index (χ2n) is 4.13. The van der Waals surface area contributed by atoms with Crippen molar-refractivity contribution in [2.24, 2.45) is 0 Å². The van der Waals surface area contributed by atoms with Crippen molar-refractivity contribution >= 4 is 29.1 Å². The number of esters is 2. The first-order valence-electron chi connectivity index (χ1n) is 6.02. The number of ketones is 1. The van der Waals surface area contributed by atoms with E-state index in [-0.39, 0.29) is 5.78 Å². The van der Waals surface area contributed by atoms with Gasteiger partial charge in [-0.15, -0.1) is 11.3 Å². The normalized spacial score (nSPS) is 10.0. The summed E-state index contributed by atoms with van der Waals surface area (Å²) in [5, 5.41) is 0. The fraction of sp³-hybridized carbons (Fsp3) is 0.133. The first-order chi connectivity index (χ1) is 10.0. The molecule has 1 aromatic carbocycles. The van der Waals surface area contributed by atoms with Crippen molar-refractivity contribution in [3.8, 4) is 5.75 Å². The maximum atomic E-state index is 11.9. The minimum Gasteiger partial charge on any atom is -0.465 e. The SMILES string of the molecule is COC(=O)c1ccc(OC(=O)c2ccc(C(C)=O)s2)cc1. The number of ether oxygens (including phenoxy) is 2. The molecule has 0 aliphatic rings. The third kappa shape index (κ3) is 3.55. The molecule has 2 rings (SSSR count). The fourth-order valence-electron chi connectivity index (χ4n) is 1.57. The Labute approximate surface area is 125 Å². The highest BCUT2D eigenvalue weighted by molar-refractivity contribution is 7.15. The highest BCUT2D eigenvalue weighted by Gasteiger charge is 2.14. The molecule has 0 saturated heterocycles. The molecular formula is C15H12O5S. The maximum Gasteiger partial charge on any atom is 0.353 e. The highest BCUT2D eigenvalue weighted by Crippen LogP contribution is 2.20. The average Bonchev–Trinajstić information content (AvgIpc) is 2.97. The van der Waals surface area contributed by atoms with Gasteiger partial charge in [0.1, 0.15) is 10.6 Å². The van der Waals surface area contributed by atoms with E-state index in [1.54, 1.807) is 12.1 Å². The van der Waals surface area contributed by atoms with E-state index in [0.29, 0.717) is 21.1 Å². The van der Waals surface area contributed by atoms with Crippen molar-refractivity contribution in [2.45, 2.75) is 6.92 Å². The molecule has 0 fully saturated rings. The number of thiophene rings is 1. The molecule has 0 bridgehead atoms. The van der Waals surface area contributed by atoms with E-state index in [2.05, 4.69) is 4.74 Å². The molecule has 21 heavy (non-hydrogen) atoms. The number of Topliss-reactive ketones (excluding diaryl/α,β-unsaturated/α-hetero) is 1. The second kappa shape index (κ2) is 6.32. The molecule has 0 aliphatic heterocycles. The van der Waals surface area contributed by atoms with Crippen LogP contribution in [-0.2, 0) is 4.74 Å². The van der Waals surface area contributed by atoms with Gasteiger partial charge in [0.15, 0.2) is 5.78 Å². The van der Waals surface area contributed by atoms with Crippen LogP contribution in [-0.4, -0.2) is 24.8 Å². The largest absolute Gasteiger partial charge is 0.465 e. The molecule has 6 heteroatoms. The predicted molar refractivity (Wildman–Crippen MR) is 77.1 cm³/mol. The first kappa shape index (κ1) is 14.9. The standard InChI is InChI=1S/C15H12O5S/c1-9(16)12-7-8-13(21-12)15(18)20-11-5-3-10(4-6-11)14(17)19-2/h3-8H,1-2H3. The topological polar surface area (TPSA) is 69.7 Å². The molecule has 0 unspecified atom stereocenters. The third-order valence-corrected chi connectivity index (χ3v) is 3.81. The molecular weight excluding hydrogens is 292 g/mol. The summed E-state index contributed by atoms with van der Waals surface area (Å²) in [6, 6.07) is 9.15. The molecule has 2 aromatic rings. The number of rotatable bonds is 4. The molecule has 108 valence electrons. The summed E-state index contributed by atoms with van der Waals surface area (Å²) in [5.74, 6) is -0.789. The zero-order valence-electron chi connectivity index (χ0n) is 11.4. The Hall–Kier alpha value is -2.47. The lowest BCUT2D eigenvalue weighted by atomic mass is 10.2. The quantitative estimate of drug-likeness (QED) is 0.493. The highest BCUT2D eigenvalue weighted by atomic mass is 32.1. The second-order valence-corrected chi connectivity index (χ2v) is 5.21. The van der Waals surface area contributed by atoms with Crippen molar-refractivity contribution in [1.29, 1.82) is 0 Å².